The number of hydrogen-bond donors (Lipinski definition) is 2. The number of amides is 1. The number of nitrogens with two attached hydrogens (primary N) is 1. The molecule has 1 amide bonds. The Kier molecular flexibility index (Phi) is 4.65. The summed E-state index contributed by atoms with van der Waals surface area (Å²) in [5.74, 6) is 0.212. The van der Waals surface area contributed by atoms with Gasteiger partial charge < -0.3 is 11.1 Å². The zero-order valence-electron chi connectivity index (χ0n) is 9.29. The summed E-state index contributed by atoms with van der Waals surface area (Å²) >= 11 is 7.42. The second-order valence-electron chi connectivity index (χ2n) is 3.69. The highest BCUT2D eigenvalue weighted by Gasteiger charge is 2.28. The first-order chi connectivity index (χ1) is 7.48. The highest BCUT2D eigenvalue weighted by Crippen LogP contribution is 2.24. The van der Waals surface area contributed by atoms with Gasteiger partial charge in [0.2, 0.25) is 5.91 Å². The predicted molar refractivity (Wildman–Crippen MR) is 68.8 cm³/mol. The van der Waals surface area contributed by atoms with Crippen LogP contribution >= 0.6 is 23.4 Å². The number of thioether (sulfide) groups is 1. The normalized spacial score (nSPS) is 14.4. The number of carbonyl (C=O) groups is 1. The van der Waals surface area contributed by atoms with Crippen molar-refractivity contribution in [2.45, 2.75) is 17.4 Å². The highest BCUT2D eigenvalue weighted by atomic mass is 35.5. The number of nitrogens with one attached hydrogen (secondary N) is 1. The van der Waals surface area contributed by atoms with Crippen molar-refractivity contribution in [3.8, 4) is 0 Å². The Morgan fingerprint density at radius 1 is 1.62 bits per heavy atom. The number of likely N-dealkylation sites (N-methyl/N-ethyl adjacent to an activating group) is 1. The standard InChI is InChI=1S/C11H15ClN2OS/c1-11(14-2,10(13)15)7-16-9-5-3-4-8(12)6-9/h3-6,14H,7H2,1-2H3,(H2,13,15). The van der Waals surface area contributed by atoms with E-state index in [4.69, 9.17) is 17.3 Å². The van der Waals surface area contributed by atoms with Gasteiger partial charge in [-0.1, -0.05) is 17.7 Å². The van der Waals surface area contributed by atoms with Crippen molar-refractivity contribution >= 4 is 29.3 Å². The summed E-state index contributed by atoms with van der Waals surface area (Å²) in [7, 11) is 1.73. The Balaban J connectivity index is 2.66. The van der Waals surface area contributed by atoms with Crippen LogP contribution in [0.15, 0.2) is 29.2 Å². The third-order valence-electron chi connectivity index (χ3n) is 2.42. The molecule has 88 valence electrons. The quantitative estimate of drug-likeness (QED) is 0.793. The van der Waals surface area contributed by atoms with Crippen LogP contribution in [0.3, 0.4) is 0 Å². The summed E-state index contributed by atoms with van der Waals surface area (Å²) in [6.45, 7) is 1.78. The number of carbonyl (C=O) groups excluding carboxylic acids is 1. The third-order valence-corrected chi connectivity index (χ3v) is 3.96. The third kappa shape index (κ3) is 3.40. The fourth-order valence-corrected chi connectivity index (χ4v) is 2.43. The molecule has 0 aliphatic rings. The lowest BCUT2D eigenvalue weighted by Gasteiger charge is -2.24. The fourth-order valence-electron chi connectivity index (χ4n) is 1.05. The number of primary amides is 1. The molecule has 1 unspecified atom stereocenters. The lowest BCUT2D eigenvalue weighted by molar-refractivity contribution is -0.122. The van der Waals surface area contributed by atoms with E-state index in [1.165, 1.54) is 0 Å². The molecular formula is C11H15ClN2OS. The van der Waals surface area contributed by atoms with Gasteiger partial charge in [-0.25, -0.2) is 0 Å². The number of halogens is 1. The van der Waals surface area contributed by atoms with Gasteiger partial charge in [-0.2, -0.15) is 0 Å². The summed E-state index contributed by atoms with van der Waals surface area (Å²) in [5.41, 5.74) is 4.63. The van der Waals surface area contributed by atoms with E-state index < -0.39 is 5.54 Å². The first-order valence-corrected chi connectivity index (χ1v) is 6.21. The van der Waals surface area contributed by atoms with E-state index in [-0.39, 0.29) is 5.91 Å². The molecule has 1 atom stereocenters. The molecule has 0 fully saturated rings. The van der Waals surface area contributed by atoms with Crippen LogP contribution in [0.4, 0.5) is 0 Å². The van der Waals surface area contributed by atoms with Crippen LogP contribution in [0.5, 0.6) is 0 Å². The van der Waals surface area contributed by atoms with Crippen LogP contribution in [0.1, 0.15) is 6.92 Å². The van der Waals surface area contributed by atoms with E-state index in [2.05, 4.69) is 5.32 Å². The van der Waals surface area contributed by atoms with Gasteiger partial charge in [0.1, 0.15) is 5.54 Å². The van der Waals surface area contributed by atoms with Gasteiger partial charge in [0.25, 0.3) is 0 Å². The summed E-state index contributed by atoms with van der Waals surface area (Å²) in [6.07, 6.45) is 0. The molecule has 1 rings (SSSR count). The van der Waals surface area contributed by atoms with E-state index in [0.29, 0.717) is 10.8 Å². The van der Waals surface area contributed by atoms with Crippen LogP contribution in [-0.4, -0.2) is 24.2 Å². The molecule has 0 saturated heterocycles. The molecule has 0 bridgehead atoms. The second kappa shape index (κ2) is 5.57. The molecule has 3 N–H and O–H groups in total. The van der Waals surface area contributed by atoms with Crippen molar-refractivity contribution in [2.75, 3.05) is 12.8 Å². The maximum absolute atomic E-state index is 11.3. The van der Waals surface area contributed by atoms with Gasteiger partial charge in [0.05, 0.1) is 0 Å². The first-order valence-electron chi connectivity index (χ1n) is 4.85. The van der Waals surface area contributed by atoms with E-state index in [9.17, 15) is 4.79 Å². The summed E-state index contributed by atoms with van der Waals surface area (Å²) in [6, 6.07) is 7.51. The Bertz CT molecular complexity index is 386. The number of hydrogen-bond acceptors (Lipinski definition) is 3. The van der Waals surface area contributed by atoms with Crippen LogP contribution in [0, 0.1) is 0 Å². The lowest BCUT2D eigenvalue weighted by atomic mass is 10.1. The molecule has 1 aromatic carbocycles. The number of benzene rings is 1. The minimum atomic E-state index is -0.701. The molecule has 5 heteroatoms. The monoisotopic (exact) mass is 258 g/mol. The van der Waals surface area contributed by atoms with Crippen molar-refractivity contribution in [2.24, 2.45) is 5.73 Å². The van der Waals surface area contributed by atoms with Crippen molar-refractivity contribution in [3.05, 3.63) is 29.3 Å². The summed E-state index contributed by atoms with van der Waals surface area (Å²) < 4.78 is 0. The van der Waals surface area contributed by atoms with Gasteiger partial charge in [-0.3, -0.25) is 4.79 Å². The highest BCUT2D eigenvalue weighted by molar-refractivity contribution is 7.99. The van der Waals surface area contributed by atoms with Crippen LogP contribution in [-0.2, 0) is 4.79 Å². The molecule has 16 heavy (non-hydrogen) atoms. The van der Waals surface area contributed by atoms with Gasteiger partial charge >= 0.3 is 0 Å². The van der Waals surface area contributed by atoms with Crippen molar-refractivity contribution < 1.29 is 4.79 Å². The summed E-state index contributed by atoms with van der Waals surface area (Å²) in [5, 5.41) is 3.62. The molecule has 1 aromatic rings. The molecule has 0 saturated carbocycles. The minimum absolute atomic E-state index is 0.357. The smallest absolute Gasteiger partial charge is 0.238 e. The Hall–Kier alpha value is -0.710. The largest absolute Gasteiger partial charge is 0.368 e. The maximum atomic E-state index is 11.3. The molecule has 0 heterocycles. The zero-order chi connectivity index (χ0) is 12.2. The van der Waals surface area contributed by atoms with E-state index in [0.717, 1.165) is 4.90 Å². The van der Waals surface area contributed by atoms with E-state index >= 15 is 0 Å². The lowest BCUT2D eigenvalue weighted by Crippen LogP contribution is -2.53. The Morgan fingerprint density at radius 2 is 2.31 bits per heavy atom. The second-order valence-corrected chi connectivity index (χ2v) is 5.18. The predicted octanol–water partition coefficient (Wildman–Crippen LogP) is 1.90. The van der Waals surface area contributed by atoms with Crippen LogP contribution in [0.25, 0.3) is 0 Å². The average molecular weight is 259 g/mol. The molecule has 0 aromatic heterocycles. The molecular weight excluding hydrogens is 244 g/mol. The van der Waals surface area contributed by atoms with E-state index in [1.54, 1.807) is 25.7 Å². The zero-order valence-corrected chi connectivity index (χ0v) is 10.9. The molecule has 0 aliphatic heterocycles. The SMILES string of the molecule is CNC(C)(CSc1cccc(Cl)c1)C(N)=O. The van der Waals surface area contributed by atoms with Crippen LogP contribution in [0.2, 0.25) is 5.02 Å². The van der Waals surface area contributed by atoms with Gasteiger partial charge in [-0.05, 0) is 32.2 Å². The first kappa shape index (κ1) is 13.4. The maximum Gasteiger partial charge on any atom is 0.238 e. The van der Waals surface area contributed by atoms with Gasteiger partial charge in [-0.15, -0.1) is 11.8 Å². The fraction of sp³-hybridized carbons (Fsp3) is 0.364. The molecule has 0 spiro atoms. The molecule has 3 nitrogen and oxygen atoms in total. The van der Waals surface area contributed by atoms with Crippen LogP contribution < -0.4 is 11.1 Å². The summed E-state index contributed by atoms with van der Waals surface area (Å²) in [4.78, 5) is 12.3. The molecule has 0 aliphatic carbocycles. The minimum Gasteiger partial charge on any atom is -0.368 e. The number of rotatable bonds is 5. The van der Waals surface area contributed by atoms with Crippen molar-refractivity contribution in [1.82, 2.24) is 5.32 Å². The van der Waals surface area contributed by atoms with Gasteiger partial charge in [0, 0.05) is 15.7 Å². The van der Waals surface area contributed by atoms with Crippen molar-refractivity contribution in [3.63, 3.8) is 0 Å². The molecule has 0 radical (unpaired) electrons. The Morgan fingerprint density at radius 3 is 2.81 bits per heavy atom. The topological polar surface area (TPSA) is 55.1 Å². The van der Waals surface area contributed by atoms with Gasteiger partial charge in [0.15, 0.2) is 0 Å². The average Bonchev–Trinajstić information content (AvgIpc) is 2.26. The van der Waals surface area contributed by atoms with Crippen molar-refractivity contribution in [1.29, 1.82) is 0 Å². The Labute approximate surface area is 105 Å². The van der Waals surface area contributed by atoms with E-state index in [1.807, 2.05) is 24.3 Å².